The van der Waals surface area contributed by atoms with Crippen LogP contribution >= 0.6 is 0 Å². The number of benzene rings is 1. The topological polar surface area (TPSA) is 115 Å². The molecule has 1 aromatic carbocycles. The van der Waals surface area contributed by atoms with E-state index in [9.17, 15) is 4.79 Å². The molecule has 110 valence electrons. The van der Waals surface area contributed by atoms with Gasteiger partial charge in [-0.3, -0.25) is 9.48 Å². The molecule has 0 aliphatic rings. The molecule has 2 aromatic rings. The first kappa shape index (κ1) is 14.4. The van der Waals surface area contributed by atoms with Crippen LogP contribution in [0.4, 0.5) is 5.82 Å². The summed E-state index contributed by atoms with van der Waals surface area (Å²) >= 11 is 0. The smallest absolute Gasteiger partial charge is 0.263 e. The van der Waals surface area contributed by atoms with Gasteiger partial charge in [0.2, 0.25) is 0 Å². The molecule has 1 amide bonds. The molecule has 8 nitrogen and oxygen atoms in total. The number of ether oxygens (including phenoxy) is 1. The lowest BCUT2D eigenvalue weighted by Gasteiger charge is -2.09. The van der Waals surface area contributed by atoms with E-state index in [-0.39, 0.29) is 18.3 Å². The maximum absolute atomic E-state index is 11.9. The molecule has 0 saturated carbocycles. The summed E-state index contributed by atoms with van der Waals surface area (Å²) in [5.41, 5.74) is 5.84. The van der Waals surface area contributed by atoms with Gasteiger partial charge >= 0.3 is 0 Å². The maximum Gasteiger partial charge on any atom is 0.263 e. The first-order valence-corrected chi connectivity index (χ1v) is 6.09. The average molecular weight is 289 g/mol. The molecule has 0 aliphatic carbocycles. The number of amides is 1. The van der Waals surface area contributed by atoms with E-state index < -0.39 is 0 Å². The van der Waals surface area contributed by atoms with Crippen molar-refractivity contribution in [2.45, 2.75) is 0 Å². The third-order valence-corrected chi connectivity index (χ3v) is 2.69. The fraction of sp³-hybridized carbons (Fsp3) is 0.154. The summed E-state index contributed by atoms with van der Waals surface area (Å²) in [5.74, 6) is 0.401. The fourth-order valence-corrected chi connectivity index (χ4v) is 1.66. The summed E-state index contributed by atoms with van der Waals surface area (Å²) in [5, 5.41) is 18.1. The Morgan fingerprint density at radius 3 is 2.86 bits per heavy atom. The van der Waals surface area contributed by atoms with Gasteiger partial charge < -0.3 is 21.0 Å². The molecule has 0 saturated heterocycles. The lowest BCUT2D eigenvalue weighted by molar-refractivity contribution is -0.118. The molecular formula is C13H15N5O3. The van der Waals surface area contributed by atoms with Crippen molar-refractivity contribution in [3.8, 4) is 5.75 Å². The molecule has 1 heterocycles. The van der Waals surface area contributed by atoms with Gasteiger partial charge in [-0.25, -0.2) is 0 Å². The highest BCUT2D eigenvalue weighted by Gasteiger charge is 2.15. The zero-order chi connectivity index (χ0) is 15.2. The number of oxime groups is 1. The summed E-state index contributed by atoms with van der Waals surface area (Å²) < 4.78 is 6.74. The SMILES string of the molecule is Cn1ncc(C(N)=NO)c1NC(=O)COc1ccccc1. The summed E-state index contributed by atoms with van der Waals surface area (Å²) in [6, 6.07) is 8.97. The van der Waals surface area contributed by atoms with Crippen molar-refractivity contribution >= 4 is 17.6 Å². The van der Waals surface area contributed by atoms with Crippen molar-refractivity contribution < 1.29 is 14.7 Å². The van der Waals surface area contributed by atoms with Crippen molar-refractivity contribution in [2.75, 3.05) is 11.9 Å². The minimum atomic E-state index is -0.380. The second kappa shape index (κ2) is 6.42. The Morgan fingerprint density at radius 2 is 2.19 bits per heavy atom. The highest BCUT2D eigenvalue weighted by molar-refractivity contribution is 6.04. The van der Waals surface area contributed by atoms with Gasteiger partial charge in [-0.1, -0.05) is 23.4 Å². The molecule has 8 heteroatoms. The summed E-state index contributed by atoms with van der Waals surface area (Å²) in [4.78, 5) is 11.9. The van der Waals surface area contributed by atoms with Gasteiger partial charge in [0, 0.05) is 7.05 Å². The van der Waals surface area contributed by atoms with Crippen molar-refractivity contribution in [1.29, 1.82) is 0 Å². The van der Waals surface area contributed by atoms with Crippen LogP contribution in [0.25, 0.3) is 0 Å². The zero-order valence-corrected chi connectivity index (χ0v) is 11.4. The standard InChI is InChI=1S/C13H15N5O3/c1-18-13(10(7-15-18)12(14)17-20)16-11(19)8-21-9-5-3-2-4-6-9/h2-7,20H,8H2,1H3,(H2,14,17)(H,16,19). The van der Waals surface area contributed by atoms with Gasteiger partial charge in [0.05, 0.1) is 11.8 Å². The minimum Gasteiger partial charge on any atom is -0.484 e. The van der Waals surface area contributed by atoms with E-state index in [1.807, 2.05) is 18.2 Å². The van der Waals surface area contributed by atoms with Crippen molar-refractivity contribution in [3.05, 3.63) is 42.1 Å². The second-order valence-electron chi connectivity index (χ2n) is 4.17. The lowest BCUT2D eigenvalue weighted by Crippen LogP contribution is -2.24. The van der Waals surface area contributed by atoms with Crippen LogP contribution < -0.4 is 15.8 Å². The number of carbonyl (C=O) groups is 1. The highest BCUT2D eigenvalue weighted by Crippen LogP contribution is 2.14. The number of hydrogen-bond donors (Lipinski definition) is 3. The number of hydrogen-bond acceptors (Lipinski definition) is 5. The minimum absolute atomic E-state index is 0.137. The van der Waals surface area contributed by atoms with E-state index in [1.165, 1.54) is 10.9 Å². The molecule has 0 aliphatic heterocycles. The van der Waals surface area contributed by atoms with Crippen LogP contribution in [0.2, 0.25) is 0 Å². The Hall–Kier alpha value is -3.03. The van der Waals surface area contributed by atoms with Gasteiger partial charge in [0.15, 0.2) is 12.4 Å². The number of nitrogens with one attached hydrogen (secondary N) is 1. The number of nitrogens with two attached hydrogens (primary N) is 1. The van der Waals surface area contributed by atoms with Gasteiger partial charge in [0.1, 0.15) is 11.6 Å². The van der Waals surface area contributed by atoms with Crippen LogP contribution in [0, 0.1) is 0 Å². The quantitative estimate of drug-likeness (QED) is 0.321. The van der Waals surface area contributed by atoms with E-state index in [4.69, 9.17) is 15.7 Å². The van der Waals surface area contributed by atoms with Crippen LogP contribution in [0.15, 0.2) is 41.7 Å². The number of aromatic nitrogens is 2. The predicted molar refractivity (Wildman–Crippen MR) is 76.3 cm³/mol. The molecular weight excluding hydrogens is 274 g/mol. The second-order valence-corrected chi connectivity index (χ2v) is 4.17. The Labute approximate surface area is 120 Å². The van der Waals surface area contributed by atoms with Crippen LogP contribution in [0.5, 0.6) is 5.75 Å². The number of aryl methyl sites for hydroxylation is 1. The molecule has 4 N–H and O–H groups in total. The van der Waals surface area contributed by atoms with E-state index in [2.05, 4.69) is 15.6 Å². The summed E-state index contributed by atoms with van der Waals surface area (Å²) in [6.45, 7) is -0.162. The first-order chi connectivity index (χ1) is 10.1. The average Bonchev–Trinajstić information content (AvgIpc) is 2.86. The molecule has 0 spiro atoms. The van der Waals surface area contributed by atoms with Gasteiger partial charge in [-0.05, 0) is 12.1 Å². The van der Waals surface area contributed by atoms with Crippen molar-refractivity contribution in [2.24, 2.45) is 17.9 Å². The van der Waals surface area contributed by atoms with E-state index in [1.54, 1.807) is 19.2 Å². The summed E-state index contributed by atoms with van der Waals surface area (Å²) in [6.07, 6.45) is 1.39. The number of carbonyl (C=O) groups excluding carboxylic acids is 1. The van der Waals surface area contributed by atoms with Crippen LogP contribution in [0.1, 0.15) is 5.56 Å². The number of nitrogens with zero attached hydrogens (tertiary/aromatic N) is 3. The highest BCUT2D eigenvalue weighted by atomic mass is 16.5. The number of para-hydroxylation sites is 1. The molecule has 0 fully saturated rings. The van der Waals surface area contributed by atoms with Crippen LogP contribution in [-0.2, 0) is 11.8 Å². The fourth-order valence-electron chi connectivity index (χ4n) is 1.66. The number of anilines is 1. The largest absolute Gasteiger partial charge is 0.484 e. The zero-order valence-electron chi connectivity index (χ0n) is 11.4. The monoisotopic (exact) mass is 289 g/mol. The number of amidine groups is 1. The molecule has 1 aromatic heterocycles. The number of rotatable bonds is 5. The third kappa shape index (κ3) is 3.50. The molecule has 0 radical (unpaired) electrons. The van der Waals surface area contributed by atoms with Crippen molar-refractivity contribution in [3.63, 3.8) is 0 Å². The normalized spacial score (nSPS) is 11.2. The van der Waals surface area contributed by atoms with E-state index in [0.29, 0.717) is 17.1 Å². The molecule has 21 heavy (non-hydrogen) atoms. The van der Waals surface area contributed by atoms with E-state index >= 15 is 0 Å². The Kier molecular flexibility index (Phi) is 4.39. The van der Waals surface area contributed by atoms with Gasteiger partial charge in [0.25, 0.3) is 5.91 Å². The third-order valence-electron chi connectivity index (χ3n) is 2.69. The Morgan fingerprint density at radius 1 is 1.48 bits per heavy atom. The van der Waals surface area contributed by atoms with Gasteiger partial charge in [-0.2, -0.15) is 5.10 Å². The Bertz CT molecular complexity index is 651. The predicted octanol–water partition coefficient (Wildman–Crippen LogP) is 0.532. The molecule has 0 unspecified atom stereocenters. The van der Waals surface area contributed by atoms with E-state index in [0.717, 1.165) is 0 Å². The van der Waals surface area contributed by atoms with Gasteiger partial charge in [-0.15, -0.1) is 0 Å². The molecule has 2 rings (SSSR count). The maximum atomic E-state index is 11.9. The summed E-state index contributed by atoms with van der Waals surface area (Å²) in [7, 11) is 1.63. The Balaban J connectivity index is 2.02. The molecule has 0 bridgehead atoms. The first-order valence-electron chi connectivity index (χ1n) is 6.09. The lowest BCUT2D eigenvalue weighted by atomic mass is 10.3. The van der Waals surface area contributed by atoms with Crippen LogP contribution in [-0.4, -0.2) is 33.3 Å². The molecule has 0 atom stereocenters. The van der Waals surface area contributed by atoms with Crippen molar-refractivity contribution in [1.82, 2.24) is 9.78 Å². The van der Waals surface area contributed by atoms with Crippen LogP contribution in [0.3, 0.4) is 0 Å².